The number of nitrogens with zero attached hydrogens (tertiary/aromatic N) is 1. The maximum Gasteiger partial charge on any atom is 0.335 e. The van der Waals surface area contributed by atoms with E-state index in [1.807, 2.05) is 66.1 Å². The Labute approximate surface area is 193 Å². The topological polar surface area (TPSA) is 89.5 Å². The largest absolute Gasteiger partial charge is 0.478 e. The van der Waals surface area contributed by atoms with Gasteiger partial charge in [0, 0.05) is 28.0 Å². The lowest BCUT2D eigenvalue weighted by Gasteiger charge is -2.04. The highest BCUT2D eigenvalue weighted by atomic mass is 16.4. The molecule has 0 bridgehead atoms. The standard InChI is InChI=1S/C28H17NO5/c1-15-6-11-25(34-15)29-23-5-3-2-4-18(23)20-12-16(7-10-24(20)29)13-22-26(30)19-9-8-17(28(32)33)14-21(19)27(22)31/h2-14H,1H3,(H,32,33). The van der Waals surface area contributed by atoms with E-state index in [1.165, 1.54) is 18.2 Å². The molecular formula is C28H17NO5. The lowest BCUT2D eigenvalue weighted by molar-refractivity contribution is 0.0696. The Morgan fingerprint density at radius 3 is 2.38 bits per heavy atom. The van der Waals surface area contributed by atoms with Gasteiger partial charge in [-0.1, -0.05) is 24.3 Å². The number of Topliss-reactive ketones (excluding diaryl/α,β-unsaturated/α-hetero) is 2. The van der Waals surface area contributed by atoms with E-state index in [0.717, 1.165) is 27.6 Å². The molecule has 0 spiro atoms. The average Bonchev–Trinajstić information content (AvgIpc) is 3.47. The number of aryl methyl sites for hydroxylation is 1. The summed E-state index contributed by atoms with van der Waals surface area (Å²) in [6.45, 7) is 1.90. The van der Waals surface area contributed by atoms with Crippen molar-refractivity contribution in [3.8, 4) is 5.88 Å². The Morgan fingerprint density at radius 2 is 1.62 bits per heavy atom. The molecule has 5 aromatic rings. The van der Waals surface area contributed by atoms with E-state index in [9.17, 15) is 19.5 Å². The molecule has 6 nitrogen and oxygen atoms in total. The molecule has 0 saturated heterocycles. The first-order valence-corrected chi connectivity index (χ1v) is 10.7. The van der Waals surface area contributed by atoms with Crippen LogP contribution in [-0.4, -0.2) is 27.2 Å². The van der Waals surface area contributed by atoms with E-state index in [2.05, 4.69) is 0 Å². The van der Waals surface area contributed by atoms with Crippen molar-refractivity contribution in [1.29, 1.82) is 0 Å². The fourth-order valence-corrected chi connectivity index (χ4v) is 4.61. The van der Waals surface area contributed by atoms with Crippen LogP contribution in [-0.2, 0) is 0 Å². The highest BCUT2D eigenvalue weighted by Gasteiger charge is 2.33. The van der Waals surface area contributed by atoms with Crippen molar-refractivity contribution in [2.45, 2.75) is 6.92 Å². The first kappa shape index (κ1) is 19.9. The van der Waals surface area contributed by atoms with Gasteiger partial charge in [0.2, 0.25) is 5.88 Å². The van der Waals surface area contributed by atoms with Crippen molar-refractivity contribution >= 4 is 45.4 Å². The third-order valence-corrected chi connectivity index (χ3v) is 6.20. The van der Waals surface area contributed by atoms with Gasteiger partial charge in [-0.15, -0.1) is 0 Å². The van der Waals surface area contributed by atoms with Crippen LogP contribution in [0.3, 0.4) is 0 Å². The molecule has 1 aliphatic rings. The van der Waals surface area contributed by atoms with Gasteiger partial charge in [0.05, 0.1) is 22.2 Å². The zero-order valence-electron chi connectivity index (χ0n) is 18.0. The minimum absolute atomic E-state index is 0.0245. The molecule has 2 heterocycles. The van der Waals surface area contributed by atoms with Crippen molar-refractivity contribution in [2.75, 3.05) is 0 Å². The molecular weight excluding hydrogens is 430 g/mol. The minimum Gasteiger partial charge on any atom is -0.478 e. The third kappa shape index (κ3) is 2.85. The Bertz CT molecular complexity index is 1730. The Balaban J connectivity index is 1.50. The summed E-state index contributed by atoms with van der Waals surface area (Å²) in [5.41, 5.74) is 2.99. The van der Waals surface area contributed by atoms with Crippen molar-refractivity contribution in [3.05, 3.63) is 106 Å². The molecule has 0 aliphatic heterocycles. The number of aromatic carboxylic acids is 1. The number of carbonyl (C=O) groups excluding carboxylic acids is 2. The lowest BCUT2D eigenvalue weighted by atomic mass is 10.0. The maximum atomic E-state index is 13.0. The highest BCUT2D eigenvalue weighted by Crippen LogP contribution is 2.34. The van der Waals surface area contributed by atoms with Gasteiger partial charge in [-0.25, -0.2) is 4.79 Å². The van der Waals surface area contributed by atoms with Gasteiger partial charge in [-0.3, -0.25) is 14.2 Å². The van der Waals surface area contributed by atoms with Crippen LogP contribution in [0, 0.1) is 6.92 Å². The summed E-state index contributed by atoms with van der Waals surface area (Å²) in [5, 5.41) is 11.2. The fraction of sp³-hybridized carbons (Fsp3) is 0.0357. The van der Waals surface area contributed by atoms with Crippen LogP contribution in [0.5, 0.6) is 0 Å². The first-order chi connectivity index (χ1) is 16.4. The van der Waals surface area contributed by atoms with Gasteiger partial charge in [0.25, 0.3) is 0 Å². The fourth-order valence-electron chi connectivity index (χ4n) is 4.61. The highest BCUT2D eigenvalue weighted by molar-refractivity contribution is 6.41. The number of fused-ring (bicyclic) bond motifs is 4. The molecule has 6 heteroatoms. The molecule has 0 saturated carbocycles. The number of allylic oxidation sites excluding steroid dienone is 1. The zero-order valence-corrected chi connectivity index (χ0v) is 18.0. The SMILES string of the molecule is Cc1ccc(-n2c3ccccc3c3cc(C=C4C(=O)c5ccc(C(=O)O)cc5C4=O)ccc32)o1. The molecule has 0 amide bonds. The van der Waals surface area contributed by atoms with E-state index >= 15 is 0 Å². The smallest absolute Gasteiger partial charge is 0.335 e. The molecule has 164 valence electrons. The van der Waals surface area contributed by atoms with Gasteiger partial charge in [0.15, 0.2) is 11.6 Å². The summed E-state index contributed by atoms with van der Waals surface area (Å²) in [4.78, 5) is 37.1. The summed E-state index contributed by atoms with van der Waals surface area (Å²) >= 11 is 0. The maximum absolute atomic E-state index is 13.0. The van der Waals surface area contributed by atoms with E-state index in [-0.39, 0.29) is 22.3 Å². The van der Waals surface area contributed by atoms with Crippen molar-refractivity contribution in [1.82, 2.24) is 4.57 Å². The molecule has 0 radical (unpaired) electrons. The molecule has 1 aliphatic carbocycles. The number of hydrogen-bond donors (Lipinski definition) is 1. The molecule has 0 unspecified atom stereocenters. The summed E-state index contributed by atoms with van der Waals surface area (Å²) in [5.74, 6) is -0.483. The van der Waals surface area contributed by atoms with E-state index < -0.39 is 17.5 Å². The number of furan rings is 1. The second-order valence-corrected chi connectivity index (χ2v) is 8.30. The monoisotopic (exact) mass is 447 g/mol. The minimum atomic E-state index is -1.14. The van der Waals surface area contributed by atoms with Crippen LogP contribution in [0.15, 0.2) is 82.8 Å². The molecule has 2 aromatic heterocycles. The Kier molecular flexibility index (Phi) is 4.19. The molecule has 0 fully saturated rings. The predicted molar refractivity (Wildman–Crippen MR) is 128 cm³/mol. The van der Waals surface area contributed by atoms with Gasteiger partial charge in [0.1, 0.15) is 5.76 Å². The van der Waals surface area contributed by atoms with Gasteiger partial charge >= 0.3 is 5.97 Å². The summed E-state index contributed by atoms with van der Waals surface area (Å²) in [6, 6.07) is 21.6. The lowest BCUT2D eigenvalue weighted by Crippen LogP contribution is -2.01. The van der Waals surface area contributed by atoms with Crippen LogP contribution in [0.25, 0.3) is 33.8 Å². The zero-order chi connectivity index (χ0) is 23.6. The number of carbonyl (C=O) groups is 3. The van der Waals surface area contributed by atoms with Crippen LogP contribution < -0.4 is 0 Å². The predicted octanol–water partition coefficient (Wildman–Crippen LogP) is 5.85. The molecule has 3 aromatic carbocycles. The third-order valence-electron chi connectivity index (χ3n) is 6.20. The average molecular weight is 447 g/mol. The number of benzene rings is 3. The number of hydrogen-bond acceptors (Lipinski definition) is 4. The number of ketones is 2. The number of rotatable bonds is 3. The summed E-state index contributed by atoms with van der Waals surface area (Å²) in [6.07, 6.45) is 1.58. The quantitative estimate of drug-likeness (QED) is 0.277. The van der Waals surface area contributed by atoms with Crippen molar-refractivity contribution in [3.63, 3.8) is 0 Å². The van der Waals surface area contributed by atoms with E-state index in [1.54, 1.807) is 6.08 Å². The van der Waals surface area contributed by atoms with E-state index in [0.29, 0.717) is 11.4 Å². The summed E-state index contributed by atoms with van der Waals surface area (Å²) < 4.78 is 7.94. The molecule has 0 atom stereocenters. The van der Waals surface area contributed by atoms with Crippen molar-refractivity contribution < 1.29 is 23.9 Å². The normalized spacial score (nSPS) is 14.4. The number of aromatic nitrogens is 1. The van der Waals surface area contributed by atoms with Gasteiger partial charge < -0.3 is 9.52 Å². The van der Waals surface area contributed by atoms with Crippen LogP contribution in [0.1, 0.15) is 42.4 Å². The van der Waals surface area contributed by atoms with Crippen LogP contribution in [0.4, 0.5) is 0 Å². The number of para-hydroxylation sites is 1. The Hall–Kier alpha value is -4.71. The molecule has 1 N–H and O–H groups in total. The summed E-state index contributed by atoms with van der Waals surface area (Å²) in [7, 11) is 0. The van der Waals surface area contributed by atoms with E-state index in [4.69, 9.17) is 4.42 Å². The van der Waals surface area contributed by atoms with Crippen molar-refractivity contribution in [2.24, 2.45) is 0 Å². The first-order valence-electron chi connectivity index (χ1n) is 10.7. The van der Waals surface area contributed by atoms with Crippen LogP contribution >= 0.6 is 0 Å². The second kappa shape index (κ2) is 7.15. The van der Waals surface area contributed by atoms with Crippen LogP contribution in [0.2, 0.25) is 0 Å². The molecule has 6 rings (SSSR count). The van der Waals surface area contributed by atoms with Gasteiger partial charge in [-0.2, -0.15) is 0 Å². The molecule has 34 heavy (non-hydrogen) atoms. The van der Waals surface area contributed by atoms with Gasteiger partial charge in [-0.05, 0) is 61.0 Å². The number of carboxylic acid groups (broad SMARTS) is 1. The second-order valence-electron chi connectivity index (χ2n) is 8.30. The number of carboxylic acids is 1. The Morgan fingerprint density at radius 1 is 0.853 bits per heavy atom.